The first-order valence-electron chi connectivity index (χ1n) is 5.16. The normalized spacial score (nSPS) is 24.1. The fraction of sp³-hybridized carbons (Fsp3) is 0.750. The van der Waals surface area contributed by atoms with Crippen molar-refractivity contribution in [1.82, 2.24) is 0 Å². The summed E-state index contributed by atoms with van der Waals surface area (Å²) >= 11 is 2.34. The largest absolute Gasteiger partial charge is 0.295 e. The molecule has 0 saturated carbocycles. The highest BCUT2D eigenvalue weighted by Crippen LogP contribution is 2.57. The van der Waals surface area contributed by atoms with Gasteiger partial charge in [-0.05, 0) is 43.4 Å². The maximum absolute atomic E-state index is 11.9. The molecule has 1 aliphatic carbocycles. The van der Waals surface area contributed by atoms with E-state index in [2.05, 4.69) is 50.3 Å². The number of hydrogen-bond acceptors (Lipinski definition) is 1. The average Bonchev–Trinajstić information content (AvgIpc) is 2.16. The molecule has 0 bridgehead atoms. The van der Waals surface area contributed by atoms with Gasteiger partial charge in [-0.2, -0.15) is 0 Å². The molecule has 0 N–H and O–H groups in total. The number of rotatable bonds is 2. The summed E-state index contributed by atoms with van der Waals surface area (Å²) in [4.78, 5) is 11.9. The predicted octanol–water partition coefficient (Wildman–Crippen LogP) is 4.11. The molecular formula is C12H19IO. The van der Waals surface area contributed by atoms with Crippen LogP contribution in [0.15, 0.2) is 9.15 Å². The molecule has 0 radical (unpaired) electrons. The Morgan fingerprint density at radius 2 is 1.86 bits per heavy atom. The lowest BCUT2D eigenvalue weighted by molar-refractivity contribution is -0.116. The smallest absolute Gasteiger partial charge is 0.159 e. The quantitative estimate of drug-likeness (QED) is 0.702. The molecule has 14 heavy (non-hydrogen) atoms. The maximum Gasteiger partial charge on any atom is 0.159 e. The lowest BCUT2D eigenvalue weighted by Gasteiger charge is -2.37. The van der Waals surface area contributed by atoms with Crippen LogP contribution in [0.5, 0.6) is 0 Å². The monoisotopic (exact) mass is 306 g/mol. The molecule has 0 saturated heterocycles. The molecule has 0 aromatic rings. The van der Waals surface area contributed by atoms with E-state index in [1.54, 1.807) is 0 Å². The van der Waals surface area contributed by atoms with Crippen LogP contribution in [-0.2, 0) is 4.79 Å². The molecule has 0 unspecified atom stereocenters. The van der Waals surface area contributed by atoms with Crippen molar-refractivity contribution in [2.24, 2.45) is 10.8 Å². The third kappa shape index (κ3) is 1.66. The third-order valence-corrected chi connectivity index (χ3v) is 4.71. The summed E-state index contributed by atoms with van der Waals surface area (Å²) in [5.41, 5.74) is 1.31. The van der Waals surface area contributed by atoms with E-state index in [9.17, 15) is 4.79 Å². The van der Waals surface area contributed by atoms with Gasteiger partial charge >= 0.3 is 0 Å². The van der Waals surface area contributed by atoms with Crippen molar-refractivity contribution in [3.63, 3.8) is 0 Å². The molecule has 0 spiro atoms. The summed E-state index contributed by atoms with van der Waals surface area (Å²) in [6.07, 6.45) is 1.67. The first kappa shape index (κ1) is 12.2. The van der Waals surface area contributed by atoms with Gasteiger partial charge in [0.15, 0.2) is 5.78 Å². The van der Waals surface area contributed by atoms with Gasteiger partial charge in [0.2, 0.25) is 0 Å². The van der Waals surface area contributed by atoms with E-state index in [-0.39, 0.29) is 10.8 Å². The van der Waals surface area contributed by atoms with Gasteiger partial charge in [-0.15, -0.1) is 0 Å². The Hall–Kier alpha value is 0.140. The molecule has 0 heterocycles. The van der Waals surface area contributed by atoms with Crippen molar-refractivity contribution in [3.05, 3.63) is 9.15 Å². The maximum atomic E-state index is 11.9. The van der Waals surface area contributed by atoms with Crippen molar-refractivity contribution in [3.8, 4) is 0 Å². The molecule has 0 atom stereocenters. The minimum atomic E-state index is 0.0244. The van der Waals surface area contributed by atoms with Crippen LogP contribution in [-0.4, -0.2) is 5.78 Å². The molecule has 0 aromatic heterocycles. The number of hydrogen-bond donors (Lipinski definition) is 0. The van der Waals surface area contributed by atoms with Gasteiger partial charge in [-0.25, -0.2) is 0 Å². The van der Waals surface area contributed by atoms with Crippen LogP contribution in [0.2, 0.25) is 0 Å². The van der Waals surface area contributed by atoms with Gasteiger partial charge in [-0.3, -0.25) is 4.79 Å². The Bertz CT molecular complexity index is 297. The molecule has 0 aliphatic heterocycles. The summed E-state index contributed by atoms with van der Waals surface area (Å²) < 4.78 is 1.27. The molecular weight excluding hydrogens is 287 g/mol. The van der Waals surface area contributed by atoms with Crippen molar-refractivity contribution in [2.75, 3.05) is 0 Å². The zero-order valence-electron chi connectivity index (χ0n) is 9.70. The van der Waals surface area contributed by atoms with Crippen molar-refractivity contribution in [1.29, 1.82) is 0 Å². The lowest BCUT2D eigenvalue weighted by atomic mass is 9.66. The number of allylic oxidation sites excluding steroid dienone is 2. The van der Waals surface area contributed by atoms with E-state index in [0.29, 0.717) is 12.2 Å². The summed E-state index contributed by atoms with van der Waals surface area (Å²) in [5, 5.41) is 0. The highest BCUT2D eigenvalue weighted by atomic mass is 127. The highest BCUT2D eigenvalue weighted by molar-refractivity contribution is 14.1. The molecule has 80 valence electrons. The molecule has 1 rings (SSSR count). The van der Waals surface area contributed by atoms with Crippen LogP contribution >= 0.6 is 22.6 Å². The van der Waals surface area contributed by atoms with E-state index < -0.39 is 0 Å². The standard InChI is InChI=1S/C12H19IO/c1-6-9(14)10-8(13)7-11(2,3)12(10,4)5/h6-7H2,1-5H3. The fourth-order valence-electron chi connectivity index (χ4n) is 2.05. The van der Waals surface area contributed by atoms with Gasteiger partial charge in [0.25, 0.3) is 0 Å². The van der Waals surface area contributed by atoms with Gasteiger partial charge in [0, 0.05) is 12.0 Å². The zero-order chi connectivity index (χ0) is 11.1. The molecule has 0 amide bonds. The fourth-order valence-corrected chi connectivity index (χ4v) is 3.98. The second-order valence-corrected chi connectivity index (χ2v) is 6.54. The topological polar surface area (TPSA) is 17.1 Å². The third-order valence-electron chi connectivity index (χ3n) is 3.79. The minimum Gasteiger partial charge on any atom is -0.295 e. The van der Waals surface area contributed by atoms with Crippen LogP contribution < -0.4 is 0 Å². The molecule has 1 nitrogen and oxygen atoms in total. The Morgan fingerprint density at radius 1 is 1.36 bits per heavy atom. The minimum absolute atomic E-state index is 0.0244. The van der Waals surface area contributed by atoms with E-state index in [0.717, 1.165) is 12.0 Å². The van der Waals surface area contributed by atoms with E-state index >= 15 is 0 Å². The first-order chi connectivity index (χ1) is 6.24. The molecule has 2 heteroatoms. The van der Waals surface area contributed by atoms with Crippen LogP contribution in [0.25, 0.3) is 0 Å². The van der Waals surface area contributed by atoms with Crippen molar-refractivity contribution in [2.45, 2.75) is 47.5 Å². The Balaban J connectivity index is 3.17. The van der Waals surface area contributed by atoms with Crippen LogP contribution in [0.3, 0.4) is 0 Å². The lowest BCUT2D eigenvalue weighted by Crippen LogP contribution is -2.31. The second-order valence-electron chi connectivity index (χ2n) is 5.24. The Labute approximate surface area is 100 Å². The van der Waals surface area contributed by atoms with Crippen LogP contribution in [0.4, 0.5) is 0 Å². The zero-order valence-corrected chi connectivity index (χ0v) is 11.9. The average molecular weight is 306 g/mol. The van der Waals surface area contributed by atoms with Gasteiger partial charge < -0.3 is 0 Å². The molecule has 1 aliphatic rings. The predicted molar refractivity (Wildman–Crippen MR) is 68.5 cm³/mol. The van der Waals surface area contributed by atoms with Crippen molar-refractivity contribution < 1.29 is 4.79 Å². The number of carbonyl (C=O) groups excluding carboxylic acids is 1. The number of ketones is 1. The van der Waals surface area contributed by atoms with Gasteiger partial charge in [0.1, 0.15) is 0 Å². The number of halogens is 1. The second kappa shape index (κ2) is 3.62. The molecule has 0 aromatic carbocycles. The van der Waals surface area contributed by atoms with E-state index in [4.69, 9.17) is 0 Å². The van der Waals surface area contributed by atoms with Crippen LogP contribution in [0.1, 0.15) is 47.5 Å². The first-order valence-corrected chi connectivity index (χ1v) is 6.24. The highest BCUT2D eigenvalue weighted by Gasteiger charge is 2.48. The van der Waals surface area contributed by atoms with Crippen LogP contribution in [0, 0.1) is 10.8 Å². The summed E-state index contributed by atoms with van der Waals surface area (Å²) in [6.45, 7) is 10.8. The van der Waals surface area contributed by atoms with E-state index in [1.807, 2.05) is 6.92 Å². The number of carbonyl (C=O) groups is 1. The SMILES string of the molecule is CCC(=O)C1=C(I)CC(C)(C)C1(C)C. The Kier molecular flexibility index (Phi) is 3.15. The molecule has 0 fully saturated rings. The Morgan fingerprint density at radius 3 is 2.14 bits per heavy atom. The summed E-state index contributed by atoms with van der Waals surface area (Å²) in [5.74, 6) is 0.324. The van der Waals surface area contributed by atoms with E-state index in [1.165, 1.54) is 3.58 Å². The summed E-state index contributed by atoms with van der Waals surface area (Å²) in [7, 11) is 0. The summed E-state index contributed by atoms with van der Waals surface area (Å²) in [6, 6.07) is 0. The van der Waals surface area contributed by atoms with Gasteiger partial charge in [0.05, 0.1) is 0 Å². The van der Waals surface area contributed by atoms with Gasteiger partial charge in [-0.1, -0.05) is 34.6 Å². The van der Waals surface area contributed by atoms with Crippen molar-refractivity contribution >= 4 is 28.4 Å². The number of Topliss-reactive ketones (excluding diaryl/α,β-unsaturated/α-hetero) is 1.